The molecule has 2 fully saturated rings. The van der Waals surface area contributed by atoms with E-state index in [-0.39, 0.29) is 11.0 Å². The van der Waals surface area contributed by atoms with Gasteiger partial charge < -0.3 is 15.4 Å². The predicted octanol–water partition coefficient (Wildman–Crippen LogP) is 1.40. The SMILES string of the molecule is CCN(CC1(N)C2CCOC2C1(C)C)C(C)CN(C)C. The first-order chi connectivity index (χ1) is 9.24. The molecule has 4 atom stereocenters. The van der Waals surface area contributed by atoms with Crippen LogP contribution in [0.15, 0.2) is 0 Å². The van der Waals surface area contributed by atoms with Crippen LogP contribution in [-0.2, 0) is 4.74 Å². The third-order valence-corrected chi connectivity index (χ3v) is 5.79. The van der Waals surface area contributed by atoms with E-state index in [2.05, 4.69) is 51.6 Å². The molecule has 0 radical (unpaired) electrons. The van der Waals surface area contributed by atoms with Crippen molar-refractivity contribution in [3.63, 3.8) is 0 Å². The van der Waals surface area contributed by atoms with Crippen LogP contribution < -0.4 is 5.73 Å². The van der Waals surface area contributed by atoms with Gasteiger partial charge in [-0.25, -0.2) is 0 Å². The molecular formula is C16H33N3O. The second-order valence-electron chi connectivity index (χ2n) is 7.62. The van der Waals surface area contributed by atoms with Crippen molar-refractivity contribution in [2.24, 2.45) is 17.1 Å². The minimum Gasteiger partial charge on any atom is -0.377 e. The summed E-state index contributed by atoms with van der Waals surface area (Å²) in [6.07, 6.45) is 1.50. The van der Waals surface area contributed by atoms with Crippen LogP contribution in [-0.4, -0.2) is 67.8 Å². The van der Waals surface area contributed by atoms with Gasteiger partial charge in [-0.3, -0.25) is 4.90 Å². The van der Waals surface area contributed by atoms with Crippen LogP contribution in [0.2, 0.25) is 0 Å². The van der Waals surface area contributed by atoms with E-state index in [1.165, 1.54) is 0 Å². The molecule has 20 heavy (non-hydrogen) atoms. The molecule has 118 valence electrons. The van der Waals surface area contributed by atoms with Gasteiger partial charge in [0, 0.05) is 42.6 Å². The monoisotopic (exact) mass is 283 g/mol. The van der Waals surface area contributed by atoms with E-state index >= 15 is 0 Å². The summed E-state index contributed by atoms with van der Waals surface area (Å²) in [7, 11) is 4.27. The maximum absolute atomic E-state index is 6.88. The molecule has 4 unspecified atom stereocenters. The molecular weight excluding hydrogens is 250 g/mol. The minimum absolute atomic E-state index is 0.0828. The first kappa shape index (κ1) is 16.2. The number of nitrogens with two attached hydrogens (primary N) is 1. The van der Waals surface area contributed by atoms with Gasteiger partial charge in [0.25, 0.3) is 0 Å². The fourth-order valence-corrected chi connectivity index (χ4v) is 4.36. The molecule has 4 nitrogen and oxygen atoms in total. The zero-order valence-electron chi connectivity index (χ0n) is 14.1. The van der Waals surface area contributed by atoms with Crippen LogP contribution in [0.25, 0.3) is 0 Å². The molecule has 2 rings (SSSR count). The molecule has 0 aromatic carbocycles. The highest BCUT2D eigenvalue weighted by Gasteiger charge is 2.67. The van der Waals surface area contributed by atoms with Gasteiger partial charge in [-0.2, -0.15) is 0 Å². The zero-order chi connectivity index (χ0) is 15.1. The molecule has 1 saturated heterocycles. The summed E-state index contributed by atoms with van der Waals surface area (Å²) in [6.45, 7) is 13.1. The third kappa shape index (κ3) is 2.41. The molecule has 4 heteroatoms. The number of ether oxygens (including phenoxy) is 1. The average molecular weight is 283 g/mol. The summed E-state index contributed by atoms with van der Waals surface area (Å²) < 4.78 is 5.90. The molecule has 2 aliphatic rings. The maximum atomic E-state index is 6.88. The van der Waals surface area contributed by atoms with Crippen molar-refractivity contribution in [2.45, 2.75) is 51.8 Å². The number of rotatable bonds is 6. The largest absolute Gasteiger partial charge is 0.377 e. The van der Waals surface area contributed by atoms with Crippen molar-refractivity contribution < 1.29 is 4.74 Å². The van der Waals surface area contributed by atoms with E-state index < -0.39 is 0 Å². The van der Waals surface area contributed by atoms with Crippen LogP contribution >= 0.6 is 0 Å². The second kappa shape index (κ2) is 5.56. The summed E-state index contributed by atoms with van der Waals surface area (Å²) in [6, 6.07) is 0.535. The molecule has 0 bridgehead atoms. The third-order valence-electron chi connectivity index (χ3n) is 5.79. The lowest BCUT2D eigenvalue weighted by atomic mass is 9.48. The van der Waals surface area contributed by atoms with Gasteiger partial charge in [0.05, 0.1) is 6.10 Å². The molecule has 1 aliphatic heterocycles. The summed E-state index contributed by atoms with van der Waals surface area (Å²) >= 11 is 0. The highest BCUT2D eigenvalue weighted by molar-refractivity contribution is 5.21. The molecule has 0 spiro atoms. The summed E-state index contributed by atoms with van der Waals surface area (Å²) in [5.74, 6) is 0.540. The Bertz CT molecular complexity index is 345. The summed E-state index contributed by atoms with van der Waals surface area (Å²) in [4.78, 5) is 4.79. The number of nitrogens with zero attached hydrogens (tertiary/aromatic N) is 2. The average Bonchev–Trinajstić information content (AvgIpc) is 2.82. The van der Waals surface area contributed by atoms with Crippen LogP contribution in [0.3, 0.4) is 0 Å². The van der Waals surface area contributed by atoms with Crippen molar-refractivity contribution in [3.8, 4) is 0 Å². The minimum atomic E-state index is -0.106. The highest BCUT2D eigenvalue weighted by Crippen LogP contribution is 2.58. The number of hydrogen-bond acceptors (Lipinski definition) is 4. The van der Waals surface area contributed by atoms with Gasteiger partial charge in [-0.05, 0) is 34.0 Å². The second-order valence-corrected chi connectivity index (χ2v) is 7.62. The van der Waals surface area contributed by atoms with Crippen LogP contribution in [0.5, 0.6) is 0 Å². The van der Waals surface area contributed by atoms with Gasteiger partial charge in [0.15, 0.2) is 0 Å². The Morgan fingerprint density at radius 1 is 1.35 bits per heavy atom. The van der Waals surface area contributed by atoms with Crippen molar-refractivity contribution in [2.75, 3.05) is 40.3 Å². The fourth-order valence-electron chi connectivity index (χ4n) is 4.36. The van der Waals surface area contributed by atoms with Crippen molar-refractivity contribution >= 4 is 0 Å². The van der Waals surface area contributed by atoms with Gasteiger partial charge in [-0.1, -0.05) is 20.8 Å². The molecule has 2 N–H and O–H groups in total. The van der Waals surface area contributed by atoms with E-state index in [9.17, 15) is 0 Å². The van der Waals surface area contributed by atoms with Gasteiger partial charge >= 0.3 is 0 Å². The van der Waals surface area contributed by atoms with Crippen LogP contribution in [0.1, 0.15) is 34.1 Å². The van der Waals surface area contributed by atoms with Crippen LogP contribution in [0, 0.1) is 11.3 Å². The van der Waals surface area contributed by atoms with E-state index in [0.29, 0.717) is 18.1 Å². The molecule has 0 aromatic rings. The van der Waals surface area contributed by atoms with E-state index in [0.717, 1.165) is 32.7 Å². The topological polar surface area (TPSA) is 41.7 Å². The van der Waals surface area contributed by atoms with E-state index in [1.807, 2.05) is 0 Å². The van der Waals surface area contributed by atoms with Crippen molar-refractivity contribution in [1.82, 2.24) is 9.80 Å². The van der Waals surface area contributed by atoms with Crippen LogP contribution in [0.4, 0.5) is 0 Å². The van der Waals surface area contributed by atoms with Crippen molar-refractivity contribution in [1.29, 1.82) is 0 Å². The lowest BCUT2D eigenvalue weighted by molar-refractivity contribution is -0.165. The Hall–Kier alpha value is -0.160. The van der Waals surface area contributed by atoms with Gasteiger partial charge in [0.2, 0.25) is 0 Å². The quantitative estimate of drug-likeness (QED) is 0.800. The molecule has 1 saturated carbocycles. The lowest BCUT2D eigenvalue weighted by Crippen LogP contribution is -2.78. The summed E-state index contributed by atoms with van der Waals surface area (Å²) in [5.41, 5.74) is 6.85. The Kier molecular flexibility index (Phi) is 4.51. The van der Waals surface area contributed by atoms with E-state index in [1.54, 1.807) is 0 Å². The van der Waals surface area contributed by atoms with Gasteiger partial charge in [0.1, 0.15) is 0 Å². The lowest BCUT2D eigenvalue weighted by Gasteiger charge is -2.63. The Balaban J connectivity index is 2.06. The number of fused-ring (bicyclic) bond motifs is 1. The Labute approximate surface area is 124 Å². The summed E-state index contributed by atoms with van der Waals surface area (Å²) in [5, 5.41) is 0. The normalized spacial score (nSPS) is 37.0. The Morgan fingerprint density at radius 3 is 2.55 bits per heavy atom. The van der Waals surface area contributed by atoms with E-state index in [4.69, 9.17) is 10.5 Å². The Morgan fingerprint density at radius 2 is 2.00 bits per heavy atom. The highest BCUT2D eigenvalue weighted by atomic mass is 16.5. The first-order valence-corrected chi connectivity index (χ1v) is 8.03. The smallest absolute Gasteiger partial charge is 0.0691 e. The van der Waals surface area contributed by atoms with Gasteiger partial charge in [-0.15, -0.1) is 0 Å². The predicted molar refractivity (Wildman–Crippen MR) is 83.8 cm³/mol. The standard InChI is InChI=1S/C16H33N3O/c1-7-19(12(2)10-18(5)6)11-16(17)13-8-9-20-14(13)15(16,3)4/h12-14H,7-11,17H2,1-6H3. The number of likely N-dealkylation sites (N-methyl/N-ethyl adjacent to an activating group) is 2. The molecule has 1 heterocycles. The van der Waals surface area contributed by atoms with Crippen molar-refractivity contribution in [3.05, 3.63) is 0 Å². The molecule has 1 aliphatic carbocycles. The zero-order valence-corrected chi connectivity index (χ0v) is 14.1. The number of hydrogen-bond donors (Lipinski definition) is 1. The molecule has 0 aromatic heterocycles. The molecule has 0 amide bonds. The maximum Gasteiger partial charge on any atom is 0.0691 e. The fraction of sp³-hybridized carbons (Fsp3) is 1.00. The first-order valence-electron chi connectivity index (χ1n) is 8.03.